The highest BCUT2D eigenvalue weighted by atomic mass is 19.4. The van der Waals surface area contributed by atoms with Gasteiger partial charge in [0.15, 0.2) is 11.5 Å². The molecule has 0 radical (unpaired) electrons. The van der Waals surface area contributed by atoms with Gasteiger partial charge in [0.05, 0.1) is 11.6 Å². The number of hydrogen-bond acceptors (Lipinski definition) is 4. The Bertz CT molecular complexity index is 1120. The van der Waals surface area contributed by atoms with E-state index < -0.39 is 11.7 Å². The van der Waals surface area contributed by atoms with Crippen molar-refractivity contribution in [2.24, 2.45) is 5.92 Å². The zero-order valence-electron chi connectivity index (χ0n) is 17.3. The molecule has 0 bridgehead atoms. The van der Waals surface area contributed by atoms with Crippen molar-refractivity contribution in [3.8, 4) is 0 Å². The van der Waals surface area contributed by atoms with E-state index in [4.69, 9.17) is 0 Å². The van der Waals surface area contributed by atoms with Crippen LogP contribution in [0.4, 0.5) is 13.2 Å². The van der Waals surface area contributed by atoms with Gasteiger partial charge in [0, 0.05) is 30.8 Å². The second-order valence-electron chi connectivity index (χ2n) is 7.86. The lowest BCUT2D eigenvalue weighted by Gasteiger charge is -2.32. The SMILES string of the molecule is CC(NC(=O)C1CCN(C(=O)c2ccc(C(F)(F)F)cc2)CC1)c1nnc2ccccn12. The lowest BCUT2D eigenvalue weighted by Crippen LogP contribution is -2.43. The van der Waals surface area contributed by atoms with Crippen LogP contribution in [0.2, 0.25) is 0 Å². The fraction of sp³-hybridized carbons (Fsp3) is 0.364. The number of fused-ring (bicyclic) bond motifs is 1. The highest BCUT2D eigenvalue weighted by Crippen LogP contribution is 2.29. The third-order valence-electron chi connectivity index (χ3n) is 5.70. The molecule has 1 aliphatic heterocycles. The molecule has 32 heavy (non-hydrogen) atoms. The molecule has 168 valence electrons. The minimum absolute atomic E-state index is 0.119. The molecule has 1 N–H and O–H groups in total. The molecule has 2 amide bonds. The number of likely N-dealkylation sites (tertiary alicyclic amines) is 1. The van der Waals surface area contributed by atoms with Crippen molar-refractivity contribution in [2.45, 2.75) is 32.0 Å². The molecule has 0 saturated carbocycles. The Balaban J connectivity index is 1.33. The molecule has 0 aliphatic carbocycles. The van der Waals surface area contributed by atoms with Crippen LogP contribution in [0.3, 0.4) is 0 Å². The number of benzene rings is 1. The van der Waals surface area contributed by atoms with E-state index in [2.05, 4.69) is 15.5 Å². The van der Waals surface area contributed by atoms with E-state index in [1.807, 2.05) is 35.7 Å². The van der Waals surface area contributed by atoms with Gasteiger partial charge in [-0.2, -0.15) is 13.2 Å². The summed E-state index contributed by atoms with van der Waals surface area (Å²) in [5, 5.41) is 11.2. The Hall–Kier alpha value is -3.43. The van der Waals surface area contributed by atoms with Crippen molar-refractivity contribution in [3.05, 3.63) is 65.6 Å². The first kappa shape index (κ1) is 21.8. The van der Waals surface area contributed by atoms with E-state index in [0.717, 1.165) is 12.1 Å². The number of pyridine rings is 1. The Kier molecular flexibility index (Phi) is 5.86. The molecule has 1 saturated heterocycles. The summed E-state index contributed by atoms with van der Waals surface area (Å²) in [4.78, 5) is 26.9. The van der Waals surface area contributed by atoms with Crippen LogP contribution < -0.4 is 5.32 Å². The van der Waals surface area contributed by atoms with Crippen molar-refractivity contribution in [2.75, 3.05) is 13.1 Å². The molecule has 1 aromatic carbocycles. The van der Waals surface area contributed by atoms with E-state index in [-0.39, 0.29) is 29.3 Å². The molecule has 4 rings (SSSR count). The summed E-state index contributed by atoms with van der Waals surface area (Å²) >= 11 is 0. The third kappa shape index (κ3) is 4.44. The summed E-state index contributed by atoms with van der Waals surface area (Å²) in [5.74, 6) is -0.0788. The van der Waals surface area contributed by atoms with Crippen molar-refractivity contribution >= 4 is 17.5 Å². The third-order valence-corrected chi connectivity index (χ3v) is 5.70. The minimum atomic E-state index is -4.44. The van der Waals surface area contributed by atoms with Gasteiger partial charge in [0.2, 0.25) is 5.91 Å². The predicted molar refractivity (Wildman–Crippen MR) is 110 cm³/mol. The average Bonchev–Trinajstić information content (AvgIpc) is 3.22. The van der Waals surface area contributed by atoms with Crippen LogP contribution in [-0.2, 0) is 11.0 Å². The molecule has 3 aromatic rings. The maximum atomic E-state index is 12.7. The van der Waals surface area contributed by atoms with Gasteiger partial charge in [-0.25, -0.2) is 0 Å². The molecule has 2 aromatic heterocycles. The van der Waals surface area contributed by atoms with Gasteiger partial charge in [-0.15, -0.1) is 10.2 Å². The fourth-order valence-corrected chi connectivity index (χ4v) is 3.88. The molecule has 1 fully saturated rings. The van der Waals surface area contributed by atoms with Crippen LogP contribution in [0.15, 0.2) is 48.7 Å². The van der Waals surface area contributed by atoms with E-state index in [1.54, 1.807) is 4.90 Å². The topological polar surface area (TPSA) is 79.6 Å². The lowest BCUT2D eigenvalue weighted by molar-refractivity contribution is -0.137. The molecule has 0 spiro atoms. The van der Waals surface area contributed by atoms with Crippen LogP contribution >= 0.6 is 0 Å². The number of carbonyl (C=O) groups is 2. The highest BCUT2D eigenvalue weighted by molar-refractivity contribution is 5.94. The Labute approximate surface area is 182 Å². The van der Waals surface area contributed by atoms with Gasteiger partial charge in [-0.1, -0.05) is 6.07 Å². The highest BCUT2D eigenvalue weighted by Gasteiger charge is 2.32. The first-order valence-electron chi connectivity index (χ1n) is 10.3. The number of halogens is 3. The Morgan fingerprint density at radius 1 is 1.06 bits per heavy atom. The number of nitrogens with zero attached hydrogens (tertiary/aromatic N) is 4. The number of piperidine rings is 1. The quantitative estimate of drug-likeness (QED) is 0.667. The maximum Gasteiger partial charge on any atom is 0.416 e. The van der Waals surface area contributed by atoms with Gasteiger partial charge < -0.3 is 10.2 Å². The number of amides is 2. The number of alkyl halides is 3. The number of aromatic nitrogens is 3. The minimum Gasteiger partial charge on any atom is -0.346 e. The van der Waals surface area contributed by atoms with Crippen molar-refractivity contribution in [1.82, 2.24) is 24.8 Å². The van der Waals surface area contributed by atoms with Gasteiger partial charge in [-0.05, 0) is 56.2 Å². The Morgan fingerprint density at radius 2 is 1.75 bits per heavy atom. The number of carbonyl (C=O) groups excluding carboxylic acids is 2. The van der Waals surface area contributed by atoms with Crippen LogP contribution in [0.5, 0.6) is 0 Å². The standard InChI is InChI=1S/C22H22F3N5O2/c1-14(19-28-27-18-4-2-3-11-30(18)19)26-20(31)15-9-12-29(13-10-15)21(32)16-5-7-17(8-6-16)22(23,24)25/h2-8,11,14-15H,9-10,12-13H2,1H3,(H,26,31). The Morgan fingerprint density at radius 3 is 2.41 bits per heavy atom. The van der Waals surface area contributed by atoms with Crippen LogP contribution in [0, 0.1) is 5.92 Å². The molecule has 1 aliphatic rings. The van der Waals surface area contributed by atoms with E-state index in [0.29, 0.717) is 37.4 Å². The zero-order chi connectivity index (χ0) is 22.9. The molecule has 1 atom stereocenters. The fourth-order valence-electron chi connectivity index (χ4n) is 3.88. The second kappa shape index (κ2) is 8.60. The number of hydrogen-bond donors (Lipinski definition) is 1. The normalized spacial score (nSPS) is 16.2. The summed E-state index contributed by atoms with van der Waals surface area (Å²) in [5.41, 5.74) is 0.103. The summed E-state index contributed by atoms with van der Waals surface area (Å²) in [6.45, 7) is 2.56. The number of rotatable bonds is 4. The largest absolute Gasteiger partial charge is 0.416 e. The van der Waals surface area contributed by atoms with Crippen molar-refractivity contribution in [3.63, 3.8) is 0 Å². The van der Waals surface area contributed by atoms with Crippen molar-refractivity contribution in [1.29, 1.82) is 0 Å². The van der Waals surface area contributed by atoms with Gasteiger partial charge in [0.1, 0.15) is 0 Å². The first-order chi connectivity index (χ1) is 15.2. The molecular formula is C22H22F3N5O2. The lowest BCUT2D eigenvalue weighted by atomic mass is 9.95. The summed E-state index contributed by atoms with van der Waals surface area (Å²) in [7, 11) is 0. The van der Waals surface area contributed by atoms with E-state index in [1.165, 1.54) is 12.1 Å². The van der Waals surface area contributed by atoms with E-state index >= 15 is 0 Å². The van der Waals surface area contributed by atoms with Crippen LogP contribution in [-0.4, -0.2) is 44.4 Å². The monoisotopic (exact) mass is 445 g/mol. The molecule has 7 nitrogen and oxygen atoms in total. The second-order valence-corrected chi connectivity index (χ2v) is 7.86. The molecular weight excluding hydrogens is 423 g/mol. The smallest absolute Gasteiger partial charge is 0.346 e. The zero-order valence-corrected chi connectivity index (χ0v) is 17.3. The predicted octanol–water partition coefficient (Wildman–Crippen LogP) is 3.48. The molecule has 1 unspecified atom stereocenters. The van der Waals surface area contributed by atoms with E-state index in [9.17, 15) is 22.8 Å². The molecule has 10 heteroatoms. The maximum absolute atomic E-state index is 12.7. The number of nitrogens with one attached hydrogen (secondary N) is 1. The van der Waals surface area contributed by atoms with Crippen LogP contribution in [0.1, 0.15) is 47.6 Å². The van der Waals surface area contributed by atoms with Gasteiger partial charge in [-0.3, -0.25) is 14.0 Å². The summed E-state index contributed by atoms with van der Waals surface area (Å²) in [6.07, 6.45) is -1.65. The van der Waals surface area contributed by atoms with Gasteiger partial charge >= 0.3 is 6.18 Å². The average molecular weight is 445 g/mol. The molecule has 3 heterocycles. The summed E-state index contributed by atoms with van der Waals surface area (Å²) < 4.78 is 39.9. The van der Waals surface area contributed by atoms with Gasteiger partial charge in [0.25, 0.3) is 5.91 Å². The first-order valence-corrected chi connectivity index (χ1v) is 10.3. The van der Waals surface area contributed by atoms with Crippen LogP contribution in [0.25, 0.3) is 5.65 Å². The van der Waals surface area contributed by atoms with Crippen molar-refractivity contribution < 1.29 is 22.8 Å². The summed E-state index contributed by atoms with van der Waals surface area (Å²) in [6, 6.07) is 9.39.